The summed E-state index contributed by atoms with van der Waals surface area (Å²) in [6.07, 6.45) is 2.83. The Morgan fingerprint density at radius 2 is 1.79 bits per heavy atom. The molecule has 6 heteroatoms. The maximum atomic E-state index is 12.3. The van der Waals surface area contributed by atoms with E-state index in [2.05, 4.69) is 0 Å². The van der Waals surface area contributed by atoms with Crippen LogP contribution in [0.1, 0.15) is 31.2 Å². The number of carboxylic acids is 1. The first-order chi connectivity index (χ1) is 11.6. The van der Waals surface area contributed by atoms with Crippen molar-refractivity contribution in [2.75, 3.05) is 26.2 Å². The van der Waals surface area contributed by atoms with Crippen LogP contribution in [0.3, 0.4) is 0 Å². The van der Waals surface area contributed by atoms with Gasteiger partial charge < -0.3 is 14.7 Å². The summed E-state index contributed by atoms with van der Waals surface area (Å²) in [6.45, 7) is 2.70. The molecule has 1 aliphatic carbocycles. The lowest BCUT2D eigenvalue weighted by molar-refractivity contribution is -0.158. The zero-order chi connectivity index (χ0) is 17.0. The van der Waals surface area contributed by atoms with Crippen LogP contribution >= 0.6 is 0 Å². The second-order valence-corrected chi connectivity index (χ2v) is 6.56. The summed E-state index contributed by atoms with van der Waals surface area (Å²) in [5.74, 6) is -0.728. The summed E-state index contributed by atoms with van der Waals surface area (Å²) in [4.78, 5) is 27.6. The summed E-state index contributed by atoms with van der Waals surface area (Å²) >= 11 is 0. The van der Waals surface area contributed by atoms with E-state index < -0.39 is 11.5 Å². The van der Waals surface area contributed by atoms with Crippen LogP contribution in [0, 0.1) is 0 Å². The van der Waals surface area contributed by atoms with E-state index in [0.717, 1.165) is 24.9 Å². The zero-order valence-corrected chi connectivity index (χ0v) is 13.8. The second-order valence-electron chi connectivity index (χ2n) is 6.56. The summed E-state index contributed by atoms with van der Waals surface area (Å²) in [6, 6.07) is 9.59. The molecule has 6 nitrogen and oxygen atoms in total. The Balaban J connectivity index is 1.53. The van der Waals surface area contributed by atoms with Crippen LogP contribution in [0.25, 0.3) is 0 Å². The molecule has 1 amide bonds. The summed E-state index contributed by atoms with van der Waals surface area (Å²) in [7, 11) is 0. The van der Waals surface area contributed by atoms with Gasteiger partial charge in [-0.15, -0.1) is 0 Å². The van der Waals surface area contributed by atoms with E-state index in [-0.39, 0.29) is 12.7 Å². The first-order valence-electron chi connectivity index (χ1n) is 8.56. The minimum absolute atomic E-state index is 0.263. The molecule has 0 radical (unpaired) electrons. The van der Waals surface area contributed by atoms with Crippen molar-refractivity contribution >= 4 is 12.1 Å². The number of carbonyl (C=O) groups is 2. The van der Waals surface area contributed by atoms with Gasteiger partial charge in [-0.05, 0) is 31.2 Å². The smallest absolute Gasteiger partial charge is 0.410 e. The third-order valence-corrected chi connectivity index (χ3v) is 5.14. The molecule has 2 aliphatic rings. The fourth-order valence-corrected chi connectivity index (χ4v) is 3.52. The van der Waals surface area contributed by atoms with Gasteiger partial charge in [0, 0.05) is 26.2 Å². The molecule has 1 saturated carbocycles. The Morgan fingerprint density at radius 1 is 1.04 bits per heavy atom. The van der Waals surface area contributed by atoms with E-state index in [4.69, 9.17) is 4.74 Å². The predicted molar refractivity (Wildman–Crippen MR) is 88.6 cm³/mol. The third kappa shape index (κ3) is 3.38. The van der Waals surface area contributed by atoms with E-state index in [1.807, 2.05) is 35.2 Å². The molecule has 24 heavy (non-hydrogen) atoms. The van der Waals surface area contributed by atoms with Crippen molar-refractivity contribution in [1.29, 1.82) is 0 Å². The topological polar surface area (TPSA) is 70.1 Å². The highest BCUT2D eigenvalue weighted by atomic mass is 16.6. The molecule has 1 saturated heterocycles. The van der Waals surface area contributed by atoms with Gasteiger partial charge in [-0.25, -0.2) is 4.79 Å². The highest BCUT2D eigenvalue weighted by molar-refractivity contribution is 5.80. The zero-order valence-electron chi connectivity index (χ0n) is 13.8. The van der Waals surface area contributed by atoms with Crippen LogP contribution < -0.4 is 0 Å². The van der Waals surface area contributed by atoms with Crippen molar-refractivity contribution in [2.24, 2.45) is 0 Å². The predicted octanol–water partition coefficient (Wildman–Crippen LogP) is 2.34. The maximum absolute atomic E-state index is 12.3. The molecule has 1 aromatic carbocycles. The number of hydrogen-bond acceptors (Lipinski definition) is 4. The molecule has 1 aliphatic heterocycles. The second kappa shape index (κ2) is 7.21. The monoisotopic (exact) mass is 332 g/mol. The quantitative estimate of drug-likeness (QED) is 0.916. The molecule has 2 fully saturated rings. The van der Waals surface area contributed by atoms with Gasteiger partial charge in [-0.2, -0.15) is 0 Å². The number of benzene rings is 1. The SMILES string of the molecule is O=C(OCc1ccccc1)N1CCCN(C2(C(=O)O)CCC2)CC1. The molecule has 0 spiro atoms. The molecule has 0 atom stereocenters. The highest BCUT2D eigenvalue weighted by Crippen LogP contribution is 2.38. The van der Waals surface area contributed by atoms with E-state index in [1.165, 1.54) is 0 Å². The standard InChI is InChI=1S/C18H24N2O4/c21-16(22)18(8-4-9-18)20-11-5-10-19(12-13-20)17(23)24-14-15-6-2-1-3-7-15/h1-3,6-7H,4-5,8-14H2,(H,21,22). The molecule has 0 unspecified atom stereocenters. The van der Waals surface area contributed by atoms with Gasteiger partial charge in [0.05, 0.1) is 0 Å². The molecule has 3 rings (SSSR count). The lowest BCUT2D eigenvalue weighted by atomic mass is 9.75. The molecular formula is C18H24N2O4. The van der Waals surface area contributed by atoms with Gasteiger partial charge in [0.2, 0.25) is 0 Å². The molecule has 0 bridgehead atoms. The molecule has 1 aromatic rings. The van der Waals surface area contributed by atoms with Gasteiger partial charge in [-0.1, -0.05) is 30.3 Å². The lowest BCUT2D eigenvalue weighted by Gasteiger charge is -2.46. The summed E-state index contributed by atoms with van der Waals surface area (Å²) in [5.41, 5.74) is 0.255. The van der Waals surface area contributed by atoms with Crippen LogP contribution in [0.5, 0.6) is 0 Å². The normalized spacial score (nSPS) is 20.8. The van der Waals surface area contributed by atoms with Gasteiger partial charge in [0.15, 0.2) is 0 Å². The number of aliphatic carboxylic acids is 1. The molecule has 0 aromatic heterocycles. The Hall–Kier alpha value is -2.08. The van der Waals surface area contributed by atoms with Crippen molar-refractivity contribution in [3.8, 4) is 0 Å². The minimum atomic E-state index is -0.728. The van der Waals surface area contributed by atoms with Crippen LogP contribution in [0.4, 0.5) is 4.79 Å². The van der Waals surface area contributed by atoms with Crippen LogP contribution in [-0.4, -0.2) is 58.7 Å². The van der Waals surface area contributed by atoms with Crippen LogP contribution in [0.2, 0.25) is 0 Å². The van der Waals surface area contributed by atoms with E-state index in [1.54, 1.807) is 4.90 Å². The van der Waals surface area contributed by atoms with E-state index in [9.17, 15) is 14.7 Å². The number of carboxylic acid groups (broad SMARTS) is 1. The van der Waals surface area contributed by atoms with Gasteiger partial charge >= 0.3 is 12.1 Å². The van der Waals surface area contributed by atoms with Crippen molar-refractivity contribution in [1.82, 2.24) is 9.80 Å². The van der Waals surface area contributed by atoms with E-state index >= 15 is 0 Å². The number of carbonyl (C=O) groups excluding carboxylic acids is 1. The maximum Gasteiger partial charge on any atom is 0.410 e. The number of nitrogens with zero attached hydrogens (tertiary/aromatic N) is 2. The first-order valence-corrected chi connectivity index (χ1v) is 8.56. The number of rotatable bonds is 4. The number of amides is 1. The van der Waals surface area contributed by atoms with Crippen LogP contribution in [0.15, 0.2) is 30.3 Å². The largest absolute Gasteiger partial charge is 0.480 e. The van der Waals surface area contributed by atoms with E-state index in [0.29, 0.717) is 32.5 Å². The van der Waals surface area contributed by atoms with Crippen LogP contribution in [-0.2, 0) is 16.1 Å². The fourth-order valence-electron chi connectivity index (χ4n) is 3.52. The summed E-state index contributed by atoms with van der Waals surface area (Å²) in [5, 5.41) is 9.57. The third-order valence-electron chi connectivity index (χ3n) is 5.14. The average molecular weight is 332 g/mol. The lowest BCUT2D eigenvalue weighted by Crippen LogP contribution is -2.60. The molecule has 130 valence electrons. The fraction of sp³-hybridized carbons (Fsp3) is 0.556. The van der Waals surface area contributed by atoms with Gasteiger partial charge in [0.25, 0.3) is 0 Å². The Morgan fingerprint density at radius 3 is 2.42 bits per heavy atom. The van der Waals surface area contributed by atoms with Gasteiger partial charge in [0.1, 0.15) is 12.1 Å². The Labute approximate surface area is 142 Å². The van der Waals surface area contributed by atoms with Crippen molar-refractivity contribution < 1.29 is 19.4 Å². The van der Waals surface area contributed by atoms with Crippen molar-refractivity contribution in [3.05, 3.63) is 35.9 Å². The van der Waals surface area contributed by atoms with Crippen molar-refractivity contribution in [3.63, 3.8) is 0 Å². The minimum Gasteiger partial charge on any atom is -0.480 e. The highest BCUT2D eigenvalue weighted by Gasteiger charge is 2.49. The van der Waals surface area contributed by atoms with Crippen molar-refractivity contribution in [2.45, 2.75) is 37.8 Å². The Bertz CT molecular complexity index is 586. The summed E-state index contributed by atoms with van der Waals surface area (Å²) < 4.78 is 5.38. The molecule has 1 heterocycles. The Kier molecular flexibility index (Phi) is 5.04. The number of ether oxygens (including phenoxy) is 1. The molecular weight excluding hydrogens is 308 g/mol. The average Bonchev–Trinajstić information content (AvgIpc) is 2.79. The number of hydrogen-bond donors (Lipinski definition) is 1. The molecule has 1 N–H and O–H groups in total. The first kappa shape index (κ1) is 16.8. The van der Waals surface area contributed by atoms with Gasteiger partial charge in [-0.3, -0.25) is 9.69 Å².